The summed E-state index contributed by atoms with van der Waals surface area (Å²) >= 11 is 0. The van der Waals surface area contributed by atoms with Crippen molar-refractivity contribution >= 4 is 16.9 Å². The molecule has 1 amide bonds. The molecule has 3 aromatic carbocycles. The van der Waals surface area contributed by atoms with Gasteiger partial charge < -0.3 is 9.88 Å². The Kier molecular flexibility index (Phi) is 6.92. The molecule has 0 radical (unpaired) electrons. The van der Waals surface area contributed by atoms with Crippen LogP contribution in [0.5, 0.6) is 0 Å². The number of benzene rings is 3. The van der Waals surface area contributed by atoms with E-state index in [1.54, 1.807) is 11.5 Å². The van der Waals surface area contributed by atoms with Crippen LogP contribution in [0, 0.1) is 20.8 Å². The van der Waals surface area contributed by atoms with Gasteiger partial charge in [0.05, 0.1) is 17.6 Å². The van der Waals surface area contributed by atoms with Crippen LogP contribution in [-0.4, -0.2) is 21.5 Å². The molecule has 0 aliphatic heterocycles. The van der Waals surface area contributed by atoms with Crippen LogP contribution in [-0.2, 0) is 13.0 Å². The van der Waals surface area contributed by atoms with Crippen molar-refractivity contribution in [2.45, 2.75) is 53.1 Å². The van der Waals surface area contributed by atoms with Gasteiger partial charge in [0.1, 0.15) is 5.69 Å². The van der Waals surface area contributed by atoms with Crippen molar-refractivity contribution in [1.29, 1.82) is 0 Å². The van der Waals surface area contributed by atoms with Crippen LogP contribution in [0.15, 0.2) is 71.5 Å². The van der Waals surface area contributed by atoms with E-state index >= 15 is 0 Å². The third-order valence-corrected chi connectivity index (χ3v) is 6.37. The van der Waals surface area contributed by atoms with Crippen LogP contribution in [0.2, 0.25) is 0 Å². The first-order valence-corrected chi connectivity index (χ1v) is 11.7. The molecule has 1 unspecified atom stereocenters. The molecule has 1 N–H and O–H groups in total. The standard InChI is InChI=1S/C29H31N3O2/c1-19-16-26-27(17-20(19)2)32(29(34)22(4)31-26)18-24-12-14-25(15-13-24)28(33)30-21(3)10-11-23-8-6-5-7-9-23/h5-9,12-17,21H,10-11,18H2,1-4H3,(H,30,33). The molecule has 1 atom stereocenters. The van der Waals surface area contributed by atoms with Crippen molar-refractivity contribution in [2.24, 2.45) is 0 Å². The third-order valence-electron chi connectivity index (χ3n) is 6.37. The first-order valence-electron chi connectivity index (χ1n) is 11.7. The molecule has 1 aromatic heterocycles. The summed E-state index contributed by atoms with van der Waals surface area (Å²) in [4.78, 5) is 30.1. The Morgan fingerprint density at radius 1 is 0.941 bits per heavy atom. The van der Waals surface area contributed by atoms with Gasteiger partial charge in [-0.1, -0.05) is 42.5 Å². The van der Waals surface area contributed by atoms with Gasteiger partial charge in [-0.15, -0.1) is 0 Å². The van der Waals surface area contributed by atoms with Crippen molar-refractivity contribution in [3.63, 3.8) is 0 Å². The zero-order valence-electron chi connectivity index (χ0n) is 20.3. The van der Waals surface area contributed by atoms with Crippen molar-refractivity contribution in [2.75, 3.05) is 0 Å². The van der Waals surface area contributed by atoms with E-state index in [0.29, 0.717) is 17.8 Å². The number of nitrogens with zero attached hydrogens (tertiary/aromatic N) is 2. The summed E-state index contributed by atoms with van der Waals surface area (Å²) in [6, 6.07) is 21.9. The average Bonchev–Trinajstić information content (AvgIpc) is 2.83. The summed E-state index contributed by atoms with van der Waals surface area (Å²) in [6.07, 6.45) is 1.80. The molecule has 0 aliphatic carbocycles. The van der Waals surface area contributed by atoms with E-state index in [4.69, 9.17) is 0 Å². The van der Waals surface area contributed by atoms with Crippen LogP contribution < -0.4 is 10.9 Å². The molecule has 4 rings (SSSR count). The molecule has 0 spiro atoms. The molecule has 4 aromatic rings. The normalized spacial score (nSPS) is 12.0. The van der Waals surface area contributed by atoms with Crippen molar-refractivity contribution in [1.82, 2.24) is 14.9 Å². The number of carbonyl (C=O) groups is 1. The Balaban J connectivity index is 1.46. The van der Waals surface area contributed by atoms with Gasteiger partial charge in [-0.2, -0.15) is 0 Å². The van der Waals surface area contributed by atoms with Crippen LogP contribution in [0.4, 0.5) is 0 Å². The second-order valence-corrected chi connectivity index (χ2v) is 9.11. The highest BCUT2D eigenvalue weighted by atomic mass is 16.1. The van der Waals surface area contributed by atoms with Crippen LogP contribution >= 0.6 is 0 Å². The molecule has 1 heterocycles. The quantitative estimate of drug-likeness (QED) is 0.422. The first-order chi connectivity index (χ1) is 16.3. The smallest absolute Gasteiger partial charge is 0.272 e. The maximum Gasteiger partial charge on any atom is 0.272 e. The monoisotopic (exact) mass is 453 g/mol. The maximum atomic E-state index is 12.9. The van der Waals surface area contributed by atoms with Crippen LogP contribution in [0.3, 0.4) is 0 Å². The fraction of sp³-hybridized carbons (Fsp3) is 0.276. The second kappa shape index (κ2) is 10.0. The van der Waals surface area contributed by atoms with E-state index in [2.05, 4.69) is 22.4 Å². The number of nitrogens with one attached hydrogen (secondary N) is 1. The van der Waals surface area contributed by atoms with Gasteiger partial charge >= 0.3 is 0 Å². The van der Waals surface area contributed by atoms with Gasteiger partial charge in [-0.25, -0.2) is 4.98 Å². The van der Waals surface area contributed by atoms with Crippen molar-refractivity contribution < 1.29 is 4.79 Å². The van der Waals surface area contributed by atoms with Crippen molar-refractivity contribution in [3.8, 4) is 0 Å². The summed E-state index contributed by atoms with van der Waals surface area (Å²) in [5, 5.41) is 3.09. The molecular weight excluding hydrogens is 422 g/mol. The number of amides is 1. The lowest BCUT2D eigenvalue weighted by Gasteiger charge is -2.15. The predicted octanol–water partition coefficient (Wildman–Crippen LogP) is 5.12. The fourth-order valence-corrected chi connectivity index (χ4v) is 4.13. The number of fused-ring (bicyclic) bond motifs is 1. The molecular formula is C29H31N3O2. The highest BCUT2D eigenvalue weighted by Gasteiger charge is 2.13. The number of hydrogen-bond donors (Lipinski definition) is 1. The lowest BCUT2D eigenvalue weighted by molar-refractivity contribution is 0.0938. The predicted molar refractivity (Wildman–Crippen MR) is 137 cm³/mol. The highest BCUT2D eigenvalue weighted by Crippen LogP contribution is 2.18. The van der Waals surface area contributed by atoms with E-state index < -0.39 is 0 Å². The van der Waals surface area contributed by atoms with Gasteiger partial charge in [-0.3, -0.25) is 9.59 Å². The number of hydrogen-bond acceptors (Lipinski definition) is 3. The van der Waals surface area contributed by atoms with Crippen LogP contribution in [0.1, 0.15) is 51.7 Å². The molecule has 174 valence electrons. The van der Waals surface area contributed by atoms with E-state index in [-0.39, 0.29) is 17.5 Å². The molecule has 5 nitrogen and oxygen atoms in total. The molecule has 0 fully saturated rings. The number of rotatable bonds is 7. The minimum Gasteiger partial charge on any atom is -0.350 e. The second-order valence-electron chi connectivity index (χ2n) is 9.11. The fourth-order valence-electron chi connectivity index (χ4n) is 4.13. The van der Waals surface area contributed by atoms with Gasteiger partial charge in [0.15, 0.2) is 0 Å². The van der Waals surface area contributed by atoms with Gasteiger partial charge in [0.25, 0.3) is 11.5 Å². The summed E-state index contributed by atoms with van der Waals surface area (Å²) < 4.78 is 1.77. The Morgan fingerprint density at radius 2 is 1.62 bits per heavy atom. The number of carbonyl (C=O) groups excluding carboxylic acids is 1. The molecule has 0 saturated heterocycles. The minimum atomic E-state index is -0.0928. The highest BCUT2D eigenvalue weighted by molar-refractivity contribution is 5.94. The molecule has 0 aliphatic rings. The zero-order valence-corrected chi connectivity index (χ0v) is 20.3. The van der Waals surface area contributed by atoms with E-state index in [9.17, 15) is 9.59 Å². The average molecular weight is 454 g/mol. The SMILES string of the molecule is Cc1cc2nc(C)c(=O)n(Cc3ccc(C(=O)NC(C)CCc4ccccc4)cc3)c2cc1C. The van der Waals surface area contributed by atoms with Gasteiger partial charge in [-0.05, 0) is 87.1 Å². The molecule has 5 heteroatoms. The van der Waals surface area contributed by atoms with Crippen molar-refractivity contribution in [3.05, 3.63) is 111 Å². The molecule has 0 bridgehead atoms. The van der Waals surface area contributed by atoms with E-state index in [1.165, 1.54) is 5.56 Å². The minimum absolute atomic E-state index is 0.0730. The van der Waals surface area contributed by atoms with Gasteiger partial charge in [0, 0.05) is 11.6 Å². The first kappa shape index (κ1) is 23.4. The Morgan fingerprint density at radius 3 is 2.32 bits per heavy atom. The topological polar surface area (TPSA) is 64.0 Å². The molecule has 0 saturated carbocycles. The lowest BCUT2D eigenvalue weighted by atomic mass is 10.1. The maximum absolute atomic E-state index is 12.9. The van der Waals surface area contributed by atoms with Gasteiger partial charge in [0.2, 0.25) is 0 Å². The summed E-state index contributed by atoms with van der Waals surface area (Å²) in [5.41, 5.74) is 7.16. The van der Waals surface area contributed by atoms with E-state index in [1.807, 2.05) is 75.4 Å². The number of aromatic nitrogens is 2. The largest absolute Gasteiger partial charge is 0.350 e. The third kappa shape index (κ3) is 5.25. The Labute approximate surface area is 200 Å². The zero-order chi connectivity index (χ0) is 24.2. The Hall–Kier alpha value is -3.73. The number of aryl methyl sites for hydroxylation is 4. The van der Waals surface area contributed by atoms with Crippen LogP contribution in [0.25, 0.3) is 11.0 Å². The lowest BCUT2D eigenvalue weighted by Crippen LogP contribution is -2.32. The van der Waals surface area contributed by atoms with E-state index in [0.717, 1.165) is 40.6 Å². The Bertz CT molecular complexity index is 1370. The molecule has 34 heavy (non-hydrogen) atoms. The summed E-state index contributed by atoms with van der Waals surface area (Å²) in [7, 11) is 0. The summed E-state index contributed by atoms with van der Waals surface area (Å²) in [6.45, 7) is 8.30. The summed E-state index contributed by atoms with van der Waals surface area (Å²) in [5.74, 6) is -0.0828.